The molecule has 0 saturated carbocycles. The SMILES string of the molecule is COC(=O)C[C@H]1S[C@H](c2cccc3ccccc23)c2cc(Cl)ccc2N(CC(C)(C)C)C1=O. The average Bonchev–Trinajstić information content (AvgIpc) is 2.88. The molecule has 3 aromatic carbocycles. The molecule has 0 aliphatic carbocycles. The van der Waals surface area contributed by atoms with Crippen LogP contribution in [0.3, 0.4) is 0 Å². The number of ether oxygens (including phenoxy) is 1. The van der Waals surface area contributed by atoms with Gasteiger partial charge >= 0.3 is 5.97 Å². The van der Waals surface area contributed by atoms with Gasteiger partial charge in [-0.25, -0.2) is 0 Å². The van der Waals surface area contributed by atoms with Crippen LogP contribution in [-0.4, -0.2) is 30.8 Å². The van der Waals surface area contributed by atoms with Crippen molar-refractivity contribution in [2.24, 2.45) is 5.41 Å². The minimum Gasteiger partial charge on any atom is -0.469 e. The molecule has 6 heteroatoms. The number of anilines is 1. The predicted molar refractivity (Wildman–Crippen MR) is 137 cm³/mol. The summed E-state index contributed by atoms with van der Waals surface area (Å²) in [5, 5.41) is 2.13. The lowest BCUT2D eigenvalue weighted by atomic mass is 9.93. The van der Waals surface area contributed by atoms with Crippen LogP contribution in [-0.2, 0) is 14.3 Å². The van der Waals surface area contributed by atoms with Crippen LogP contribution in [0.5, 0.6) is 0 Å². The first-order chi connectivity index (χ1) is 15.7. The minimum atomic E-state index is -0.574. The number of thioether (sulfide) groups is 1. The van der Waals surface area contributed by atoms with Gasteiger partial charge in [-0.2, -0.15) is 0 Å². The lowest BCUT2D eigenvalue weighted by Gasteiger charge is -2.31. The summed E-state index contributed by atoms with van der Waals surface area (Å²) in [6.45, 7) is 6.84. The van der Waals surface area contributed by atoms with Crippen molar-refractivity contribution in [3.8, 4) is 0 Å². The van der Waals surface area contributed by atoms with Gasteiger partial charge in [0.1, 0.15) is 0 Å². The number of carbonyl (C=O) groups is 2. The molecule has 0 N–H and O–H groups in total. The molecule has 0 spiro atoms. The van der Waals surface area contributed by atoms with Gasteiger partial charge in [0, 0.05) is 17.3 Å². The topological polar surface area (TPSA) is 46.6 Å². The highest BCUT2D eigenvalue weighted by Gasteiger charge is 2.39. The Morgan fingerprint density at radius 2 is 1.79 bits per heavy atom. The van der Waals surface area contributed by atoms with E-state index in [1.807, 2.05) is 41.3 Å². The second-order valence-corrected chi connectivity index (χ2v) is 11.3. The van der Waals surface area contributed by atoms with Crippen LogP contribution in [0.25, 0.3) is 10.8 Å². The van der Waals surface area contributed by atoms with E-state index in [4.69, 9.17) is 16.3 Å². The zero-order valence-electron chi connectivity index (χ0n) is 19.3. The van der Waals surface area contributed by atoms with Crippen molar-refractivity contribution in [3.05, 3.63) is 76.8 Å². The zero-order valence-corrected chi connectivity index (χ0v) is 20.9. The molecule has 0 bridgehead atoms. The van der Waals surface area contributed by atoms with Crippen LogP contribution in [0.4, 0.5) is 5.69 Å². The monoisotopic (exact) mass is 481 g/mol. The van der Waals surface area contributed by atoms with Gasteiger partial charge in [-0.15, -0.1) is 11.8 Å². The van der Waals surface area contributed by atoms with E-state index in [1.54, 1.807) is 0 Å². The molecule has 0 saturated heterocycles. The summed E-state index contributed by atoms with van der Waals surface area (Å²) < 4.78 is 4.94. The highest BCUT2D eigenvalue weighted by Crippen LogP contribution is 2.49. The maximum Gasteiger partial charge on any atom is 0.307 e. The molecule has 3 aromatic rings. The Bertz CT molecular complexity index is 1200. The summed E-state index contributed by atoms with van der Waals surface area (Å²) in [7, 11) is 1.36. The van der Waals surface area contributed by atoms with Gasteiger partial charge in [0.25, 0.3) is 0 Å². The first-order valence-electron chi connectivity index (χ1n) is 11.0. The number of hydrogen-bond acceptors (Lipinski definition) is 4. The number of carbonyl (C=O) groups excluding carboxylic acids is 2. The summed E-state index contributed by atoms with van der Waals surface area (Å²) in [4.78, 5) is 27.9. The third-order valence-electron chi connectivity index (χ3n) is 5.72. The quantitative estimate of drug-likeness (QED) is 0.392. The maximum atomic E-state index is 13.8. The maximum absolute atomic E-state index is 13.8. The Labute approximate surface area is 204 Å². The number of halogens is 1. The molecule has 172 valence electrons. The number of hydrogen-bond donors (Lipinski definition) is 0. The third-order valence-corrected chi connectivity index (χ3v) is 7.43. The minimum absolute atomic E-state index is 0.0175. The van der Waals surface area contributed by atoms with Gasteiger partial charge in [0.2, 0.25) is 5.91 Å². The number of esters is 1. The van der Waals surface area contributed by atoms with E-state index >= 15 is 0 Å². The molecule has 4 rings (SSSR count). The fraction of sp³-hybridized carbons (Fsp3) is 0.333. The van der Waals surface area contributed by atoms with Gasteiger partial charge in [-0.1, -0.05) is 74.8 Å². The average molecular weight is 482 g/mol. The Balaban J connectivity index is 1.94. The number of fused-ring (bicyclic) bond motifs is 2. The second-order valence-electron chi connectivity index (χ2n) is 9.54. The molecule has 4 nitrogen and oxygen atoms in total. The standard InChI is InChI=1S/C27H28ClNO3S/c1-27(2,3)16-29-22-13-12-18(28)14-21(22)25(33-23(26(29)31)15-24(30)32-4)20-11-7-9-17-8-5-6-10-19(17)20/h5-14,23,25H,15-16H2,1-4H3/t23-,25-/m1/s1. The fourth-order valence-electron chi connectivity index (χ4n) is 4.30. The molecule has 0 radical (unpaired) electrons. The van der Waals surface area contributed by atoms with Crippen molar-refractivity contribution in [3.63, 3.8) is 0 Å². The number of methoxy groups -OCH3 is 1. The van der Waals surface area contributed by atoms with E-state index in [9.17, 15) is 9.59 Å². The largest absolute Gasteiger partial charge is 0.469 e. The summed E-state index contributed by atoms with van der Waals surface area (Å²) in [6.07, 6.45) is 0.0175. The first-order valence-corrected chi connectivity index (χ1v) is 12.3. The fourth-order valence-corrected chi connectivity index (χ4v) is 5.97. The normalized spacial score (nSPS) is 18.7. The lowest BCUT2D eigenvalue weighted by Crippen LogP contribution is -2.42. The first kappa shape index (κ1) is 23.7. The van der Waals surface area contributed by atoms with Crippen molar-refractivity contribution in [2.45, 2.75) is 37.7 Å². The van der Waals surface area contributed by atoms with Gasteiger partial charge < -0.3 is 9.64 Å². The predicted octanol–water partition coefficient (Wildman–Crippen LogP) is 6.64. The molecular weight excluding hydrogens is 454 g/mol. The molecule has 1 heterocycles. The molecule has 1 aliphatic rings. The smallest absolute Gasteiger partial charge is 0.307 e. The van der Waals surface area contributed by atoms with Crippen LogP contribution in [0, 0.1) is 5.41 Å². The van der Waals surface area contributed by atoms with Crippen molar-refractivity contribution < 1.29 is 14.3 Å². The number of nitrogens with zero attached hydrogens (tertiary/aromatic N) is 1. The number of rotatable bonds is 4. The molecule has 1 aliphatic heterocycles. The van der Waals surface area contributed by atoms with Crippen molar-refractivity contribution in [1.29, 1.82) is 0 Å². The van der Waals surface area contributed by atoms with E-state index in [2.05, 4.69) is 45.0 Å². The van der Waals surface area contributed by atoms with Gasteiger partial charge in [0.15, 0.2) is 0 Å². The summed E-state index contributed by atoms with van der Waals surface area (Å²) in [6, 6.07) is 20.2. The summed E-state index contributed by atoms with van der Waals surface area (Å²) in [5.74, 6) is -0.469. The van der Waals surface area contributed by atoms with Gasteiger partial charge in [-0.05, 0) is 45.5 Å². The number of amides is 1. The summed E-state index contributed by atoms with van der Waals surface area (Å²) in [5.41, 5.74) is 2.79. The van der Waals surface area contributed by atoms with Crippen LogP contribution in [0.1, 0.15) is 43.6 Å². The van der Waals surface area contributed by atoms with Crippen LogP contribution < -0.4 is 4.90 Å². The van der Waals surface area contributed by atoms with Crippen molar-refractivity contribution >= 4 is 51.7 Å². The Morgan fingerprint density at radius 1 is 1.06 bits per heavy atom. The Kier molecular flexibility index (Phi) is 6.73. The molecular formula is C27H28ClNO3S. The molecule has 33 heavy (non-hydrogen) atoms. The van der Waals surface area contributed by atoms with Crippen molar-refractivity contribution in [1.82, 2.24) is 0 Å². The second kappa shape index (κ2) is 9.40. The van der Waals surface area contributed by atoms with E-state index in [0.29, 0.717) is 11.6 Å². The molecule has 0 aromatic heterocycles. The highest BCUT2D eigenvalue weighted by molar-refractivity contribution is 8.01. The zero-order chi connectivity index (χ0) is 23.8. The van der Waals surface area contributed by atoms with Gasteiger partial charge in [0.05, 0.1) is 24.0 Å². The Hall–Kier alpha value is -2.50. The van der Waals surface area contributed by atoms with Crippen LogP contribution >= 0.6 is 23.4 Å². The molecule has 1 amide bonds. The van der Waals surface area contributed by atoms with E-state index in [1.165, 1.54) is 18.9 Å². The lowest BCUT2D eigenvalue weighted by molar-refractivity contribution is -0.141. The van der Waals surface area contributed by atoms with Crippen molar-refractivity contribution in [2.75, 3.05) is 18.6 Å². The molecule has 0 unspecified atom stereocenters. The van der Waals surface area contributed by atoms with Crippen LogP contribution in [0.2, 0.25) is 5.02 Å². The van der Waals surface area contributed by atoms with Gasteiger partial charge in [-0.3, -0.25) is 9.59 Å². The molecule has 2 atom stereocenters. The number of benzene rings is 3. The summed E-state index contributed by atoms with van der Waals surface area (Å²) >= 11 is 7.98. The van der Waals surface area contributed by atoms with E-state index in [0.717, 1.165) is 27.6 Å². The third kappa shape index (κ3) is 5.04. The van der Waals surface area contributed by atoms with E-state index in [-0.39, 0.29) is 23.0 Å². The van der Waals surface area contributed by atoms with Crippen LogP contribution in [0.15, 0.2) is 60.7 Å². The Morgan fingerprint density at radius 3 is 2.52 bits per heavy atom. The van der Waals surface area contributed by atoms with E-state index < -0.39 is 11.2 Å². The highest BCUT2D eigenvalue weighted by atomic mass is 35.5. The molecule has 0 fully saturated rings.